The summed E-state index contributed by atoms with van der Waals surface area (Å²) in [5.41, 5.74) is 11.9. The van der Waals surface area contributed by atoms with Crippen molar-refractivity contribution in [1.82, 2.24) is 9.55 Å². The number of imidazole rings is 1. The average molecular weight is 513 g/mol. The molecule has 0 spiro atoms. The molecule has 0 saturated heterocycles. The topological polar surface area (TPSA) is 72.9 Å². The normalized spacial score (nSPS) is 10.9. The summed E-state index contributed by atoms with van der Waals surface area (Å²) in [6.07, 6.45) is 5.52. The second-order valence-electron chi connectivity index (χ2n) is 9.32. The van der Waals surface area contributed by atoms with E-state index in [0.29, 0.717) is 17.2 Å². The highest BCUT2D eigenvalue weighted by atomic mass is 35.5. The van der Waals surface area contributed by atoms with Gasteiger partial charge in [0.15, 0.2) is 0 Å². The van der Waals surface area contributed by atoms with Crippen molar-refractivity contribution in [3.05, 3.63) is 102 Å². The zero-order chi connectivity index (χ0) is 24.9. The Balaban J connectivity index is 0.00000320. The Kier molecular flexibility index (Phi) is 8.47. The maximum Gasteiger partial charge on any atom is 0.255 e. The Morgan fingerprint density at radius 2 is 1.70 bits per heavy atom. The Hall–Kier alpha value is -3.83. The van der Waals surface area contributed by atoms with Crippen molar-refractivity contribution in [3.63, 3.8) is 0 Å². The van der Waals surface area contributed by atoms with Gasteiger partial charge in [0.25, 0.3) is 5.91 Å². The van der Waals surface area contributed by atoms with Gasteiger partial charge in [0.1, 0.15) is 0 Å². The fraction of sp³-hybridized carbons (Fsp3) is 0.226. The van der Waals surface area contributed by atoms with Gasteiger partial charge >= 0.3 is 0 Å². The quantitative estimate of drug-likeness (QED) is 0.202. The summed E-state index contributed by atoms with van der Waals surface area (Å²) in [5, 5.41) is 5.51. The van der Waals surface area contributed by atoms with E-state index in [0.717, 1.165) is 30.4 Å². The molecule has 1 heterocycles. The van der Waals surface area contributed by atoms with Gasteiger partial charge in [-0.3, -0.25) is 4.79 Å². The number of carbonyl (C=O) groups excluding carboxylic acids is 1. The SMILES string of the molecule is CCCCCc1ccc(C(=O)Nc2ccc3c(c2)nc(N)n3CCc2cccc3ccccc23)cc1.Cl. The predicted molar refractivity (Wildman–Crippen MR) is 157 cm³/mol. The number of nitrogen functional groups attached to an aromatic ring is 1. The molecule has 0 unspecified atom stereocenters. The second kappa shape index (κ2) is 11.9. The summed E-state index contributed by atoms with van der Waals surface area (Å²) in [7, 11) is 0. The lowest BCUT2D eigenvalue weighted by molar-refractivity contribution is 0.102. The van der Waals surface area contributed by atoms with Crippen LogP contribution in [0.5, 0.6) is 0 Å². The number of rotatable bonds is 9. The smallest absolute Gasteiger partial charge is 0.255 e. The molecule has 5 aromatic rings. The molecule has 1 aromatic heterocycles. The number of amides is 1. The van der Waals surface area contributed by atoms with E-state index in [4.69, 9.17) is 5.73 Å². The number of nitrogens with zero attached hydrogens (tertiary/aromatic N) is 2. The molecule has 5 nitrogen and oxygen atoms in total. The molecule has 0 aliphatic rings. The van der Waals surface area contributed by atoms with E-state index in [9.17, 15) is 4.79 Å². The summed E-state index contributed by atoms with van der Waals surface area (Å²) in [4.78, 5) is 17.4. The van der Waals surface area contributed by atoms with Gasteiger partial charge in [0.2, 0.25) is 5.95 Å². The number of aryl methyl sites for hydroxylation is 3. The van der Waals surface area contributed by atoms with Crippen LogP contribution in [0.4, 0.5) is 11.6 Å². The Morgan fingerprint density at radius 3 is 2.51 bits per heavy atom. The van der Waals surface area contributed by atoms with Crippen LogP contribution in [0.3, 0.4) is 0 Å². The van der Waals surface area contributed by atoms with Crippen LogP contribution in [0.25, 0.3) is 21.8 Å². The third-order valence-corrected chi connectivity index (χ3v) is 6.81. The van der Waals surface area contributed by atoms with Crippen molar-refractivity contribution >= 4 is 51.8 Å². The molecule has 0 radical (unpaired) electrons. The van der Waals surface area contributed by atoms with E-state index in [1.165, 1.54) is 41.2 Å². The summed E-state index contributed by atoms with van der Waals surface area (Å²) in [5.74, 6) is 0.352. The average Bonchev–Trinajstić information content (AvgIpc) is 3.22. The fourth-order valence-electron chi connectivity index (χ4n) is 4.81. The molecule has 37 heavy (non-hydrogen) atoms. The number of hydrogen-bond acceptors (Lipinski definition) is 3. The molecule has 6 heteroatoms. The third kappa shape index (κ3) is 5.95. The minimum atomic E-state index is -0.127. The standard InChI is InChI=1S/C31H32N4O.ClH/c1-2-3-4-8-22-13-15-25(16-14-22)30(36)33-26-17-18-29-28(21-26)34-31(32)35(29)20-19-24-11-7-10-23-9-5-6-12-27(23)24;/h5-7,9-18,21H,2-4,8,19-20H2,1H3,(H2,32,34)(H,33,36);1H. The molecule has 5 rings (SSSR count). The van der Waals surface area contributed by atoms with Crippen molar-refractivity contribution in [1.29, 1.82) is 0 Å². The van der Waals surface area contributed by atoms with Gasteiger partial charge in [0, 0.05) is 17.8 Å². The number of carbonyl (C=O) groups is 1. The molecule has 0 saturated carbocycles. The zero-order valence-corrected chi connectivity index (χ0v) is 21.9. The van der Waals surface area contributed by atoms with Crippen LogP contribution in [0.15, 0.2) is 84.9 Å². The predicted octanol–water partition coefficient (Wildman–Crippen LogP) is 7.42. The molecule has 0 atom stereocenters. The van der Waals surface area contributed by atoms with Gasteiger partial charge in [-0.25, -0.2) is 4.98 Å². The monoisotopic (exact) mass is 512 g/mol. The van der Waals surface area contributed by atoms with Gasteiger partial charge in [-0.1, -0.05) is 74.4 Å². The largest absolute Gasteiger partial charge is 0.369 e. The highest BCUT2D eigenvalue weighted by molar-refractivity contribution is 6.05. The lowest BCUT2D eigenvalue weighted by atomic mass is 10.0. The fourth-order valence-corrected chi connectivity index (χ4v) is 4.81. The first-order valence-electron chi connectivity index (χ1n) is 12.7. The minimum absolute atomic E-state index is 0. The first-order valence-corrected chi connectivity index (χ1v) is 12.7. The molecule has 0 aliphatic heterocycles. The first kappa shape index (κ1) is 26.2. The third-order valence-electron chi connectivity index (χ3n) is 6.81. The number of hydrogen-bond donors (Lipinski definition) is 2. The molecular formula is C31H33ClN4O. The zero-order valence-electron chi connectivity index (χ0n) is 21.1. The second-order valence-corrected chi connectivity index (χ2v) is 9.32. The van der Waals surface area contributed by atoms with Crippen molar-refractivity contribution in [2.75, 3.05) is 11.1 Å². The lowest BCUT2D eigenvalue weighted by Gasteiger charge is -2.10. The van der Waals surface area contributed by atoms with Gasteiger partial charge in [-0.05, 0) is 71.5 Å². The number of unbranched alkanes of at least 4 members (excludes halogenated alkanes) is 2. The van der Waals surface area contributed by atoms with Crippen LogP contribution in [-0.2, 0) is 19.4 Å². The number of aromatic nitrogens is 2. The number of benzene rings is 4. The Labute approximate surface area is 224 Å². The highest BCUT2D eigenvalue weighted by Crippen LogP contribution is 2.24. The molecule has 1 amide bonds. The molecular weight excluding hydrogens is 480 g/mol. The van der Waals surface area contributed by atoms with Crippen LogP contribution in [0.2, 0.25) is 0 Å². The van der Waals surface area contributed by atoms with Crippen molar-refractivity contribution < 1.29 is 4.79 Å². The maximum absolute atomic E-state index is 12.8. The van der Waals surface area contributed by atoms with Crippen LogP contribution in [0.1, 0.15) is 47.7 Å². The van der Waals surface area contributed by atoms with Crippen LogP contribution in [-0.4, -0.2) is 15.5 Å². The van der Waals surface area contributed by atoms with E-state index in [2.05, 4.69) is 59.7 Å². The first-order chi connectivity index (χ1) is 17.6. The Bertz CT molecular complexity index is 1500. The van der Waals surface area contributed by atoms with Gasteiger partial charge < -0.3 is 15.6 Å². The molecule has 3 N–H and O–H groups in total. The lowest BCUT2D eigenvalue weighted by Crippen LogP contribution is -2.11. The molecule has 0 bridgehead atoms. The summed E-state index contributed by atoms with van der Waals surface area (Å²) in [6, 6.07) is 28.5. The van der Waals surface area contributed by atoms with Crippen LogP contribution < -0.4 is 11.1 Å². The number of nitrogens with two attached hydrogens (primary N) is 1. The van der Waals surface area contributed by atoms with Crippen molar-refractivity contribution in [3.8, 4) is 0 Å². The van der Waals surface area contributed by atoms with E-state index >= 15 is 0 Å². The number of fused-ring (bicyclic) bond motifs is 2. The maximum atomic E-state index is 12.8. The van der Waals surface area contributed by atoms with E-state index < -0.39 is 0 Å². The van der Waals surface area contributed by atoms with Crippen molar-refractivity contribution in [2.24, 2.45) is 0 Å². The van der Waals surface area contributed by atoms with Crippen molar-refractivity contribution in [2.45, 2.75) is 45.6 Å². The number of anilines is 2. The summed E-state index contributed by atoms with van der Waals surface area (Å²) < 4.78 is 2.04. The molecule has 0 fully saturated rings. The van der Waals surface area contributed by atoms with Crippen LogP contribution in [0, 0.1) is 0 Å². The molecule has 0 aliphatic carbocycles. The number of nitrogens with one attached hydrogen (secondary N) is 1. The number of halogens is 1. The van der Waals surface area contributed by atoms with Gasteiger partial charge in [-0.2, -0.15) is 0 Å². The van der Waals surface area contributed by atoms with Gasteiger partial charge in [-0.15, -0.1) is 12.4 Å². The Morgan fingerprint density at radius 1 is 0.919 bits per heavy atom. The molecule has 190 valence electrons. The minimum Gasteiger partial charge on any atom is -0.369 e. The van der Waals surface area contributed by atoms with Gasteiger partial charge in [0.05, 0.1) is 11.0 Å². The van der Waals surface area contributed by atoms with Crippen LogP contribution >= 0.6 is 12.4 Å². The molecule has 4 aromatic carbocycles. The van der Waals surface area contributed by atoms with E-state index in [1.807, 2.05) is 47.0 Å². The van der Waals surface area contributed by atoms with E-state index in [-0.39, 0.29) is 18.3 Å². The van der Waals surface area contributed by atoms with E-state index in [1.54, 1.807) is 0 Å². The summed E-state index contributed by atoms with van der Waals surface area (Å²) in [6.45, 7) is 2.93. The highest BCUT2D eigenvalue weighted by Gasteiger charge is 2.12. The summed E-state index contributed by atoms with van der Waals surface area (Å²) >= 11 is 0.